The Balaban J connectivity index is 1.34. The number of ketones is 1. The van der Waals surface area contributed by atoms with E-state index in [1.54, 1.807) is 31.4 Å². The van der Waals surface area contributed by atoms with Gasteiger partial charge in [0.1, 0.15) is 11.5 Å². The minimum Gasteiger partial charge on any atom is -0.497 e. The molecule has 40 heavy (non-hydrogen) atoms. The largest absolute Gasteiger partial charge is 0.497 e. The molecule has 2 aliphatic rings. The van der Waals surface area contributed by atoms with Gasteiger partial charge in [-0.1, -0.05) is 0 Å². The molecule has 1 saturated heterocycles. The second-order valence-corrected chi connectivity index (χ2v) is 10.6. The third-order valence-corrected chi connectivity index (χ3v) is 7.43. The van der Waals surface area contributed by atoms with Crippen LogP contribution < -0.4 is 20.1 Å². The van der Waals surface area contributed by atoms with E-state index >= 15 is 0 Å². The molecule has 10 nitrogen and oxygen atoms in total. The Kier molecular flexibility index (Phi) is 8.39. The van der Waals surface area contributed by atoms with Gasteiger partial charge >= 0.3 is 6.03 Å². The van der Waals surface area contributed by atoms with E-state index in [9.17, 15) is 9.59 Å². The lowest BCUT2D eigenvalue weighted by Crippen LogP contribution is -2.45. The molecule has 3 aromatic rings. The summed E-state index contributed by atoms with van der Waals surface area (Å²) in [4.78, 5) is 32.4. The predicted octanol–water partition coefficient (Wildman–Crippen LogP) is 3.20. The fourth-order valence-electron chi connectivity index (χ4n) is 5.03. The molecule has 0 atom stereocenters. The second-order valence-electron chi connectivity index (χ2n) is 10.6. The fraction of sp³-hybridized carbons (Fsp3) is 0.400. The molecule has 2 N–H and O–H groups in total. The number of hydrogen-bond donors (Lipinski definition) is 2. The Hall–Kier alpha value is -3.86. The summed E-state index contributed by atoms with van der Waals surface area (Å²) >= 11 is 0. The molecule has 10 heteroatoms. The zero-order valence-electron chi connectivity index (χ0n) is 23.7. The van der Waals surface area contributed by atoms with Crippen molar-refractivity contribution in [2.24, 2.45) is 0 Å². The number of carbonyl (C=O) groups excluding carboxylic acids is 2. The van der Waals surface area contributed by atoms with Crippen LogP contribution >= 0.6 is 0 Å². The van der Waals surface area contributed by atoms with Gasteiger partial charge in [-0.2, -0.15) is 0 Å². The standard InChI is InChI=1S/C30H38N6O4/c1-33(2)10-9-31-30(38)32-22-5-8-27-25(18-22)29(37)28(40-27)17-21-20-36(16-15-35-13-11-34(3)12-14-35)26-7-6-23(39-4)19-24(21)26/h5-8,17-20H,9-16H2,1-4H3,(H2,31,32,38)/b28-17-. The number of carbonyl (C=O) groups is 2. The summed E-state index contributed by atoms with van der Waals surface area (Å²) in [5, 5.41) is 6.60. The van der Waals surface area contributed by atoms with Gasteiger partial charge in [-0.05, 0) is 63.6 Å². The predicted molar refractivity (Wildman–Crippen MR) is 157 cm³/mol. The number of allylic oxidation sites excluding steroid dienone is 1. The molecule has 0 bridgehead atoms. The lowest BCUT2D eigenvalue weighted by molar-refractivity contribution is 0.101. The zero-order valence-corrected chi connectivity index (χ0v) is 23.7. The van der Waals surface area contributed by atoms with Crippen LogP contribution in [-0.4, -0.2) is 105 Å². The number of anilines is 1. The van der Waals surface area contributed by atoms with E-state index in [-0.39, 0.29) is 17.6 Å². The number of fused-ring (bicyclic) bond motifs is 2. The first-order valence-corrected chi connectivity index (χ1v) is 13.7. The van der Waals surface area contributed by atoms with Crippen molar-refractivity contribution in [3.63, 3.8) is 0 Å². The van der Waals surface area contributed by atoms with Crippen LogP contribution in [0.1, 0.15) is 15.9 Å². The van der Waals surface area contributed by atoms with Crippen LogP contribution in [0.2, 0.25) is 0 Å². The summed E-state index contributed by atoms with van der Waals surface area (Å²) in [6, 6.07) is 10.8. The Labute approximate surface area is 235 Å². The highest BCUT2D eigenvalue weighted by Gasteiger charge is 2.28. The molecule has 2 amide bonds. The van der Waals surface area contributed by atoms with Crippen molar-refractivity contribution in [3.8, 4) is 11.5 Å². The maximum atomic E-state index is 13.3. The summed E-state index contributed by atoms with van der Waals surface area (Å²) < 4.78 is 13.7. The van der Waals surface area contributed by atoms with E-state index in [1.165, 1.54) is 0 Å². The number of piperazine rings is 1. The normalized spacial score (nSPS) is 16.9. The monoisotopic (exact) mass is 546 g/mol. The number of benzene rings is 2. The lowest BCUT2D eigenvalue weighted by Gasteiger charge is -2.32. The van der Waals surface area contributed by atoms with E-state index in [1.807, 2.05) is 31.1 Å². The van der Waals surface area contributed by atoms with E-state index in [0.717, 1.165) is 68.0 Å². The molecular formula is C30H38N6O4. The van der Waals surface area contributed by atoms with Crippen molar-refractivity contribution in [1.82, 2.24) is 24.6 Å². The summed E-state index contributed by atoms with van der Waals surface area (Å²) in [5.74, 6) is 1.27. The van der Waals surface area contributed by atoms with Crippen LogP contribution in [0.25, 0.3) is 17.0 Å². The fourth-order valence-corrected chi connectivity index (χ4v) is 5.03. The van der Waals surface area contributed by atoms with Gasteiger partial charge in [0, 0.05) is 80.7 Å². The average Bonchev–Trinajstić information content (AvgIpc) is 3.44. The number of rotatable bonds is 9. The minimum atomic E-state index is -0.317. The van der Waals surface area contributed by atoms with Crippen LogP contribution in [0.5, 0.6) is 11.5 Å². The Morgan fingerprint density at radius 1 is 1.10 bits per heavy atom. The van der Waals surface area contributed by atoms with Gasteiger partial charge in [0.15, 0.2) is 5.76 Å². The smallest absolute Gasteiger partial charge is 0.319 e. The molecule has 0 radical (unpaired) electrons. The number of likely N-dealkylation sites (N-methyl/N-ethyl adjacent to an activating group) is 2. The van der Waals surface area contributed by atoms with E-state index in [0.29, 0.717) is 23.5 Å². The first-order chi connectivity index (χ1) is 19.3. The summed E-state index contributed by atoms with van der Waals surface area (Å²) in [6.07, 6.45) is 3.88. The van der Waals surface area contributed by atoms with Gasteiger partial charge in [0.25, 0.3) is 0 Å². The third-order valence-electron chi connectivity index (χ3n) is 7.43. The highest BCUT2D eigenvalue weighted by atomic mass is 16.5. The molecule has 5 rings (SSSR count). The number of amides is 2. The van der Waals surface area contributed by atoms with E-state index in [4.69, 9.17) is 9.47 Å². The molecule has 3 heterocycles. The quantitative estimate of drug-likeness (QED) is 0.399. The molecule has 1 aromatic heterocycles. The van der Waals surface area contributed by atoms with Gasteiger partial charge in [-0.15, -0.1) is 0 Å². The Morgan fingerprint density at radius 3 is 2.65 bits per heavy atom. The molecular weight excluding hydrogens is 508 g/mol. The van der Waals surface area contributed by atoms with Crippen LogP contribution in [0.15, 0.2) is 48.4 Å². The average molecular weight is 547 g/mol. The minimum absolute atomic E-state index is 0.215. The molecule has 2 aliphatic heterocycles. The number of nitrogens with zero attached hydrogens (tertiary/aromatic N) is 4. The molecule has 0 unspecified atom stereocenters. The summed E-state index contributed by atoms with van der Waals surface area (Å²) in [7, 11) is 7.70. The summed E-state index contributed by atoms with van der Waals surface area (Å²) in [5.41, 5.74) is 2.93. The Morgan fingerprint density at radius 2 is 1.90 bits per heavy atom. The first kappa shape index (κ1) is 27.7. The first-order valence-electron chi connectivity index (χ1n) is 13.7. The molecule has 0 spiro atoms. The highest BCUT2D eigenvalue weighted by Crippen LogP contribution is 2.35. The van der Waals surface area contributed by atoms with Gasteiger partial charge in [-0.25, -0.2) is 4.79 Å². The number of Topliss-reactive ketones (excluding diaryl/α,β-unsaturated/α-hetero) is 1. The van der Waals surface area contributed by atoms with Crippen LogP contribution in [0, 0.1) is 0 Å². The number of ether oxygens (including phenoxy) is 2. The van der Waals surface area contributed by atoms with Gasteiger partial charge < -0.3 is 34.5 Å². The topological polar surface area (TPSA) is 91.3 Å². The lowest BCUT2D eigenvalue weighted by atomic mass is 10.1. The van der Waals surface area contributed by atoms with Crippen molar-refractivity contribution in [1.29, 1.82) is 0 Å². The van der Waals surface area contributed by atoms with Crippen molar-refractivity contribution < 1.29 is 19.1 Å². The number of methoxy groups -OCH3 is 1. The maximum Gasteiger partial charge on any atom is 0.319 e. The van der Waals surface area contributed by atoms with Crippen molar-refractivity contribution in [3.05, 3.63) is 59.5 Å². The van der Waals surface area contributed by atoms with Crippen LogP contribution in [-0.2, 0) is 6.54 Å². The molecule has 212 valence electrons. The van der Waals surface area contributed by atoms with E-state index < -0.39 is 0 Å². The van der Waals surface area contributed by atoms with Gasteiger partial charge in [0.05, 0.1) is 12.7 Å². The molecule has 0 saturated carbocycles. The highest BCUT2D eigenvalue weighted by molar-refractivity contribution is 6.15. The number of aromatic nitrogens is 1. The SMILES string of the molecule is COc1ccc2c(c1)c(/C=C1\Oc3ccc(NC(=O)NCCN(C)C)cc3C1=O)cn2CCN1CCN(C)CC1. The molecule has 1 fully saturated rings. The maximum absolute atomic E-state index is 13.3. The number of hydrogen-bond acceptors (Lipinski definition) is 7. The van der Waals surface area contributed by atoms with E-state index in [2.05, 4.69) is 44.3 Å². The molecule has 2 aromatic carbocycles. The second kappa shape index (κ2) is 12.1. The Bertz CT molecular complexity index is 1420. The van der Waals surface area contributed by atoms with Crippen LogP contribution in [0.3, 0.4) is 0 Å². The van der Waals surface area contributed by atoms with Gasteiger partial charge in [-0.3, -0.25) is 9.69 Å². The van der Waals surface area contributed by atoms with Gasteiger partial charge in [0.2, 0.25) is 5.78 Å². The number of nitrogens with one attached hydrogen (secondary N) is 2. The summed E-state index contributed by atoms with van der Waals surface area (Å²) in [6.45, 7) is 7.35. The molecule has 0 aliphatic carbocycles. The third kappa shape index (κ3) is 6.30. The van der Waals surface area contributed by atoms with Crippen molar-refractivity contribution >= 4 is 34.5 Å². The van der Waals surface area contributed by atoms with Crippen LogP contribution in [0.4, 0.5) is 10.5 Å². The zero-order chi connectivity index (χ0) is 28.2. The number of urea groups is 1. The van der Waals surface area contributed by atoms with Crippen molar-refractivity contribution in [2.45, 2.75) is 6.54 Å². The van der Waals surface area contributed by atoms with Crippen molar-refractivity contribution in [2.75, 3.05) is 79.4 Å².